The Hall–Kier alpha value is -1.13. The summed E-state index contributed by atoms with van der Waals surface area (Å²) in [6.07, 6.45) is -0.560. The van der Waals surface area contributed by atoms with E-state index in [4.69, 9.17) is 17.7 Å². The fourth-order valence-corrected chi connectivity index (χ4v) is 3.60. The second-order valence-electron chi connectivity index (χ2n) is 10.5. The van der Waals surface area contributed by atoms with Gasteiger partial charge in [0.1, 0.15) is 11.2 Å². The van der Waals surface area contributed by atoms with E-state index >= 15 is 0 Å². The maximum atomic E-state index is 12.2. The highest BCUT2D eigenvalue weighted by Crippen LogP contribution is 2.27. The van der Waals surface area contributed by atoms with Crippen LogP contribution in [0.3, 0.4) is 0 Å². The molecule has 0 aliphatic heterocycles. The van der Waals surface area contributed by atoms with E-state index in [-0.39, 0.29) is 5.97 Å². The second kappa shape index (κ2) is 15.5. The molecule has 1 amide bonds. The number of halogens is 3. The summed E-state index contributed by atoms with van der Waals surface area (Å²) < 4.78 is 54.1. The SMILES string of the molecule is Cc1cc(CC(=O)OC(C)(C)C)cc(C)c1Br.[2H]C([2H])([2H])I.[2H]C([2H])([2H])N(C(=O)OC(C)(C)C)c1cc(C)c(Br)c(C)c1. The summed E-state index contributed by atoms with van der Waals surface area (Å²) in [6, 6.07) is 7.32. The van der Waals surface area contributed by atoms with Crippen LogP contribution >= 0.6 is 54.5 Å². The van der Waals surface area contributed by atoms with Gasteiger partial charge in [-0.1, -0.05) is 66.6 Å². The van der Waals surface area contributed by atoms with Gasteiger partial charge < -0.3 is 9.47 Å². The number of alkyl halides is 1. The van der Waals surface area contributed by atoms with Crippen LogP contribution in [0.2, 0.25) is 0 Å². The molecule has 0 radical (unpaired) electrons. The molecule has 2 rings (SSSR count). The minimum absolute atomic E-state index is 0.182. The number of hydrogen-bond donors (Lipinski definition) is 0. The molecule has 0 fully saturated rings. The molecule has 2 aromatic carbocycles. The Morgan fingerprint density at radius 3 is 1.57 bits per heavy atom. The Kier molecular flexibility index (Phi) is 10.9. The molecule has 0 spiro atoms. The molecule has 0 aliphatic rings. The number of ether oxygens (including phenoxy) is 2. The lowest BCUT2D eigenvalue weighted by Gasteiger charge is -2.25. The van der Waals surface area contributed by atoms with Gasteiger partial charge in [-0.15, -0.1) is 0 Å². The molecule has 0 saturated heterocycles. The predicted molar refractivity (Wildman–Crippen MR) is 171 cm³/mol. The highest BCUT2D eigenvalue weighted by molar-refractivity contribution is 14.1. The molecule has 0 aromatic heterocycles. The first-order chi connectivity index (χ1) is 19.0. The first kappa shape index (κ1) is 26.1. The zero-order valence-electron chi connectivity index (χ0n) is 29.2. The van der Waals surface area contributed by atoms with Crippen molar-refractivity contribution in [1.82, 2.24) is 0 Å². The Morgan fingerprint density at radius 1 is 0.838 bits per heavy atom. The summed E-state index contributed by atoms with van der Waals surface area (Å²) in [5.41, 5.74) is 4.09. The third kappa shape index (κ3) is 13.5. The summed E-state index contributed by atoms with van der Waals surface area (Å²) in [4.78, 5) is 22.9. The first-order valence-electron chi connectivity index (χ1n) is 14.5. The van der Waals surface area contributed by atoms with Crippen LogP contribution in [-0.2, 0) is 20.7 Å². The van der Waals surface area contributed by atoms with Crippen LogP contribution in [0.1, 0.15) is 77.6 Å². The number of aryl methyl sites for hydroxylation is 4. The molecule has 37 heavy (non-hydrogen) atoms. The number of esters is 1. The standard InChI is InChI=1S/C14H20BrNO2.C14H19BrO2.CH3I/c1-9-7-11(8-10(2)12(9)15)16(6)13(17)18-14(3,4)5;1-9-6-11(7-10(2)13(9)15)8-12(16)17-14(3,4)5;1-2/h7-8H,1-6H3;6-7H,8H2,1-5H3;1H3/i6D3;;1D3. The highest BCUT2D eigenvalue weighted by atomic mass is 127. The van der Waals surface area contributed by atoms with E-state index < -0.39 is 29.1 Å². The maximum Gasteiger partial charge on any atom is 0.414 e. The van der Waals surface area contributed by atoms with Crippen LogP contribution < -0.4 is 4.90 Å². The van der Waals surface area contributed by atoms with Crippen molar-refractivity contribution in [2.75, 3.05) is 16.7 Å². The van der Waals surface area contributed by atoms with E-state index in [0.717, 1.165) is 36.8 Å². The predicted octanol–water partition coefficient (Wildman–Crippen LogP) is 9.44. The number of carbonyl (C=O) groups is 2. The van der Waals surface area contributed by atoms with Crippen LogP contribution in [0.25, 0.3) is 0 Å². The highest BCUT2D eigenvalue weighted by Gasteiger charge is 2.21. The zero-order chi connectivity index (χ0) is 34.3. The van der Waals surface area contributed by atoms with Gasteiger partial charge in [-0.2, -0.15) is 0 Å². The molecule has 5 nitrogen and oxygen atoms in total. The number of anilines is 1. The van der Waals surface area contributed by atoms with Crippen molar-refractivity contribution < 1.29 is 27.3 Å². The molecule has 2 aromatic rings. The number of rotatable bonds is 3. The molecular formula is C29H42Br2INO4. The number of amides is 1. The topological polar surface area (TPSA) is 55.8 Å². The molecule has 0 atom stereocenters. The van der Waals surface area contributed by atoms with Gasteiger partial charge in [-0.05, 0) is 114 Å². The van der Waals surface area contributed by atoms with Crippen molar-refractivity contribution in [3.63, 3.8) is 0 Å². The lowest BCUT2D eigenvalue weighted by atomic mass is 10.0. The Labute approximate surface area is 262 Å². The maximum absolute atomic E-state index is 12.2. The Bertz CT molecular complexity index is 1220. The molecule has 0 N–H and O–H groups in total. The molecule has 0 bridgehead atoms. The fourth-order valence-electron chi connectivity index (χ4n) is 3.15. The van der Waals surface area contributed by atoms with E-state index in [1.807, 2.05) is 60.6 Å². The molecular weight excluding hydrogens is 713 g/mol. The second-order valence-corrected chi connectivity index (χ2v) is 12.1. The van der Waals surface area contributed by atoms with Crippen LogP contribution in [-0.4, -0.2) is 35.1 Å². The van der Waals surface area contributed by atoms with Gasteiger partial charge in [-0.25, -0.2) is 4.79 Å². The minimum Gasteiger partial charge on any atom is -0.460 e. The van der Waals surface area contributed by atoms with Crippen LogP contribution in [0.4, 0.5) is 10.5 Å². The van der Waals surface area contributed by atoms with E-state index in [9.17, 15) is 9.59 Å². The summed E-state index contributed by atoms with van der Waals surface area (Å²) in [5, 5.41) is 0. The summed E-state index contributed by atoms with van der Waals surface area (Å²) in [7, 11) is 0. The Balaban J connectivity index is 0.000000720. The van der Waals surface area contributed by atoms with E-state index in [1.165, 1.54) is 22.6 Å². The van der Waals surface area contributed by atoms with Gasteiger partial charge in [0.15, 0.2) is 0 Å². The van der Waals surface area contributed by atoms with Crippen molar-refractivity contribution in [2.24, 2.45) is 0 Å². The lowest BCUT2D eigenvalue weighted by molar-refractivity contribution is -0.153. The minimum atomic E-state index is -2.62. The van der Waals surface area contributed by atoms with E-state index in [0.29, 0.717) is 17.0 Å². The van der Waals surface area contributed by atoms with Gasteiger partial charge in [-0.3, -0.25) is 9.69 Å². The summed E-state index contributed by atoms with van der Waals surface area (Å²) in [5.74, 6) is -0.182. The smallest absolute Gasteiger partial charge is 0.414 e. The third-order valence-corrected chi connectivity index (χ3v) is 7.02. The number of benzene rings is 2. The van der Waals surface area contributed by atoms with Crippen molar-refractivity contribution in [3.05, 3.63) is 61.0 Å². The number of nitrogens with zero attached hydrogens (tertiary/aromatic N) is 1. The quantitative estimate of drug-likeness (QED) is 0.178. The van der Waals surface area contributed by atoms with Gasteiger partial charge in [0.25, 0.3) is 0 Å². The zero-order valence-corrected chi connectivity index (χ0v) is 28.6. The first-order valence-corrected chi connectivity index (χ1v) is 14.1. The summed E-state index contributed by atoms with van der Waals surface area (Å²) in [6.45, 7) is 15.8. The van der Waals surface area contributed by atoms with Crippen molar-refractivity contribution >= 4 is 72.2 Å². The monoisotopic (exact) mass is 759 g/mol. The lowest BCUT2D eigenvalue weighted by Crippen LogP contribution is -2.34. The molecule has 8 heteroatoms. The van der Waals surface area contributed by atoms with E-state index in [2.05, 4.69) is 31.9 Å². The summed E-state index contributed by atoms with van der Waals surface area (Å²) >= 11 is 8.31. The van der Waals surface area contributed by atoms with Crippen molar-refractivity contribution in [1.29, 1.82) is 0 Å². The molecule has 208 valence electrons. The molecule has 0 unspecified atom stereocenters. The van der Waals surface area contributed by atoms with Gasteiger partial charge in [0.05, 0.1) is 6.42 Å². The molecule has 0 aliphatic carbocycles. The van der Waals surface area contributed by atoms with Crippen LogP contribution in [0.5, 0.6) is 0 Å². The average Bonchev–Trinajstić information content (AvgIpc) is 2.71. The van der Waals surface area contributed by atoms with Crippen molar-refractivity contribution in [3.8, 4) is 0 Å². The Morgan fingerprint density at radius 2 is 1.22 bits per heavy atom. The number of hydrogen-bond acceptors (Lipinski definition) is 4. The van der Waals surface area contributed by atoms with Crippen LogP contribution in [0.15, 0.2) is 33.2 Å². The number of carbonyl (C=O) groups excluding carboxylic acids is 2. The average molecular weight is 761 g/mol. The van der Waals surface area contributed by atoms with E-state index in [1.54, 1.807) is 32.9 Å². The fraction of sp³-hybridized carbons (Fsp3) is 0.517. The van der Waals surface area contributed by atoms with Crippen molar-refractivity contribution in [2.45, 2.75) is 86.9 Å². The van der Waals surface area contributed by atoms with Gasteiger partial charge in [0, 0.05) is 29.8 Å². The van der Waals surface area contributed by atoms with Gasteiger partial charge in [0.2, 0.25) is 0 Å². The third-order valence-electron chi connectivity index (χ3n) is 4.52. The van der Waals surface area contributed by atoms with Crippen LogP contribution in [0, 0.1) is 27.7 Å². The normalized spacial score (nSPS) is 14.0. The van der Waals surface area contributed by atoms with Gasteiger partial charge >= 0.3 is 12.1 Å². The largest absolute Gasteiger partial charge is 0.460 e. The molecule has 0 saturated carbocycles. The molecule has 0 heterocycles.